The van der Waals surface area contributed by atoms with Crippen molar-refractivity contribution in [3.8, 4) is 11.5 Å². The average Bonchev–Trinajstić information content (AvgIpc) is 3.33. The van der Waals surface area contributed by atoms with Crippen molar-refractivity contribution in [2.45, 2.75) is 76.8 Å². The molecule has 1 saturated heterocycles. The highest BCUT2D eigenvalue weighted by Crippen LogP contribution is 2.33. The number of hydrogen-bond acceptors (Lipinski definition) is 6. The molecule has 1 saturated carbocycles. The van der Waals surface area contributed by atoms with Gasteiger partial charge in [-0.25, -0.2) is 4.98 Å². The fourth-order valence-electron chi connectivity index (χ4n) is 4.41. The molecular weight excluding hydrogens is 412 g/mol. The van der Waals surface area contributed by atoms with Gasteiger partial charge in [0.1, 0.15) is 11.5 Å². The summed E-state index contributed by atoms with van der Waals surface area (Å²) < 4.78 is 12.3. The lowest BCUT2D eigenvalue weighted by Crippen LogP contribution is -2.26. The van der Waals surface area contributed by atoms with Gasteiger partial charge in [-0.15, -0.1) is 0 Å². The number of aryl methyl sites for hydroxylation is 2. The summed E-state index contributed by atoms with van der Waals surface area (Å²) in [6.45, 7) is 4.60. The molecule has 0 radical (unpaired) electrons. The zero-order valence-electron chi connectivity index (χ0n) is 18.2. The SMILES string of the molecule is CCc1oc(-c2ccc(C)cc2)nc1CO[C@@H]1CCC[C@H](CCC2SC(=O)NC2=O)C1. The largest absolute Gasteiger partial charge is 0.441 e. The van der Waals surface area contributed by atoms with Crippen LogP contribution in [0.2, 0.25) is 0 Å². The first-order valence-electron chi connectivity index (χ1n) is 11.2. The van der Waals surface area contributed by atoms with E-state index in [0.29, 0.717) is 18.4 Å². The lowest BCUT2D eigenvalue weighted by molar-refractivity contribution is -0.119. The fourth-order valence-corrected chi connectivity index (χ4v) is 5.25. The minimum Gasteiger partial charge on any atom is -0.441 e. The molecule has 2 aliphatic rings. The second-order valence-electron chi connectivity index (χ2n) is 8.53. The molecule has 1 aliphatic heterocycles. The number of carbonyl (C=O) groups excluding carboxylic acids is 2. The summed E-state index contributed by atoms with van der Waals surface area (Å²) in [5.41, 5.74) is 3.08. The molecule has 31 heavy (non-hydrogen) atoms. The molecule has 1 unspecified atom stereocenters. The Balaban J connectivity index is 1.31. The molecule has 2 amide bonds. The number of nitrogens with zero attached hydrogens (tertiary/aromatic N) is 1. The molecule has 1 aromatic carbocycles. The Morgan fingerprint density at radius 3 is 2.71 bits per heavy atom. The molecule has 2 heterocycles. The Morgan fingerprint density at radius 2 is 2.00 bits per heavy atom. The van der Waals surface area contributed by atoms with E-state index in [9.17, 15) is 9.59 Å². The summed E-state index contributed by atoms with van der Waals surface area (Å²) in [5, 5.41) is 1.93. The number of thioether (sulfide) groups is 1. The molecule has 1 N–H and O–H groups in total. The second kappa shape index (κ2) is 10.0. The van der Waals surface area contributed by atoms with Gasteiger partial charge >= 0.3 is 0 Å². The van der Waals surface area contributed by atoms with Crippen molar-refractivity contribution in [3.05, 3.63) is 41.3 Å². The van der Waals surface area contributed by atoms with E-state index in [1.54, 1.807) is 0 Å². The maximum Gasteiger partial charge on any atom is 0.286 e. The number of nitrogens with one attached hydrogen (secondary N) is 1. The Hall–Kier alpha value is -2.12. The Bertz CT molecular complexity index is 924. The molecule has 6 nitrogen and oxygen atoms in total. The van der Waals surface area contributed by atoms with Crippen molar-refractivity contribution in [2.75, 3.05) is 0 Å². The van der Waals surface area contributed by atoms with Crippen molar-refractivity contribution >= 4 is 22.9 Å². The zero-order chi connectivity index (χ0) is 21.8. The molecule has 4 rings (SSSR count). The van der Waals surface area contributed by atoms with Crippen LogP contribution in [0.25, 0.3) is 11.5 Å². The third-order valence-electron chi connectivity index (χ3n) is 6.19. The molecule has 3 atom stereocenters. The zero-order valence-corrected chi connectivity index (χ0v) is 19.0. The van der Waals surface area contributed by atoms with E-state index < -0.39 is 0 Å². The Kier molecular flexibility index (Phi) is 7.13. The Morgan fingerprint density at radius 1 is 1.19 bits per heavy atom. The summed E-state index contributed by atoms with van der Waals surface area (Å²) in [5.74, 6) is 1.94. The number of imide groups is 1. The lowest BCUT2D eigenvalue weighted by Gasteiger charge is -2.29. The van der Waals surface area contributed by atoms with Crippen LogP contribution in [-0.4, -0.2) is 27.5 Å². The quantitative estimate of drug-likeness (QED) is 0.588. The van der Waals surface area contributed by atoms with Gasteiger partial charge in [-0.2, -0.15) is 0 Å². The first kappa shape index (κ1) is 22.1. The van der Waals surface area contributed by atoms with Gasteiger partial charge in [0.05, 0.1) is 18.0 Å². The standard InChI is InChI=1S/C24H30N2O4S/c1-3-20-19(25-23(30-20)17-10-7-15(2)8-11-17)14-29-18-6-4-5-16(13-18)9-12-21-22(27)26-24(28)31-21/h7-8,10-11,16,18,21H,3-6,9,12-14H2,1-2H3,(H,26,27,28)/t16-,18-,21?/m1/s1. The molecule has 1 aliphatic carbocycles. The molecule has 7 heteroatoms. The first-order chi connectivity index (χ1) is 15.0. The van der Waals surface area contributed by atoms with Gasteiger partial charge in [0.15, 0.2) is 0 Å². The van der Waals surface area contributed by atoms with Crippen LogP contribution in [0, 0.1) is 12.8 Å². The van der Waals surface area contributed by atoms with Gasteiger partial charge in [0, 0.05) is 12.0 Å². The van der Waals surface area contributed by atoms with Crippen LogP contribution in [-0.2, 0) is 22.6 Å². The number of benzene rings is 1. The molecule has 0 spiro atoms. The summed E-state index contributed by atoms with van der Waals surface area (Å²) in [4.78, 5) is 27.8. The number of oxazole rings is 1. The van der Waals surface area contributed by atoms with Crippen molar-refractivity contribution in [1.82, 2.24) is 10.3 Å². The van der Waals surface area contributed by atoms with Crippen molar-refractivity contribution in [1.29, 1.82) is 0 Å². The van der Waals surface area contributed by atoms with E-state index in [1.807, 2.05) is 12.1 Å². The topological polar surface area (TPSA) is 81.4 Å². The number of aromatic nitrogens is 1. The van der Waals surface area contributed by atoms with Crippen LogP contribution < -0.4 is 5.32 Å². The highest BCUT2D eigenvalue weighted by molar-refractivity contribution is 8.15. The first-order valence-corrected chi connectivity index (χ1v) is 12.1. The summed E-state index contributed by atoms with van der Waals surface area (Å²) in [7, 11) is 0. The van der Waals surface area contributed by atoms with Crippen LogP contribution in [0.3, 0.4) is 0 Å². The van der Waals surface area contributed by atoms with E-state index >= 15 is 0 Å². The van der Waals surface area contributed by atoms with Crippen molar-refractivity contribution < 1.29 is 18.7 Å². The average molecular weight is 443 g/mol. The van der Waals surface area contributed by atoms with Crippen LogP contribution in [0.15, 0.2) is 28.7 Å². The maximum atomic E-state index is 11.8. The fraction of sp³-hybridized carbons (Fsp3) is 0.542. The number of hydrogen-bond donors (Lipinski definition) is 1. The van der Waals surface area contributed by atoms with Gasteiger partial charge < -0.3 is 9.15 Å². The molecular formula is C24H30N2O4S. The minimum atomic E-state index is -0.226. The number of carbonyl (C=O) groups is 2. The van der Waals surface area contributed by atoms with Crippen LogP contribution in [0.4, 0.5) is 4.79 Å². The maximum absolute atomic E-state index is 11.8. The van der Waals surface area contributed by atoms with Gasteiger partial charge in [0.25, 0.3) is 5.24 Å². The van der Waals surface area contributed by atoms with E-state index in [2.05, 4.69) is 31.3 Å². The minimum absolute atomic E-state index is 0.138. The number of amides is 2. The monoisotopic (exact) mass is 442 g/mol. The number of rotatable bonds is 8. The van der Waals surface area contributed by atoms with Crippen LogP contribution in [0.5, 0.6) is 0 Å². The summed E-state index contributed by atoms with van der Waals surface area (Å²) >= 11 is 1.13. The third-order valence-corrected chi connectivity index (χ3v) is 7.24. The van der Waals surface area contributed by atoms with Crippen LogP contribution >= 0.6 is 11.8 Å². The predicted molar refractivity (Wildman–Crippen MR) is 121 cm³/mol. The highest BCUT2D eigenvalue weighted by atomic mass is 32.2. The Labute approximate surface area is 187 Å². The van der Waals surface area contributed by atoms with Crippen molar-refractivity contribution in [3.63, 3.8) is 0 Å². The third kappa shape index (κ3) is 5.57. The van der Waals surface area contributed by atoms with E-state index in [-0.39, 0.29) is 22.5 Å². The van der Waals surface area contributed by atoms with Crippen molar-refractivity contribution in [2.24, 2.45) is 5.92 Å². The van der Waals surface area contributed by atoms with E-state index in [0.717, 1.165) is 73.7 Å². The number of ether oxygens (including phenoxy) is 1. The van der Waals surface area contributed by atoms with Gasteiger partial charge in [-0.1, -0.05) is 49.2 Å². The molecule has 1 aromatic heterocycles. The second-order valence-corrected chi connectivity index (χ2v) is 9.71. The smallest absolute Gasteiger partial charge is 0.286 e. The normalized spacial score (nSPS) is 23.9. The van der Waals surface area contributed by atoms with Gasteiger partial charge in [-0.3, -0.25) is 14.9 Å². The highest BCUT2D eigenvalue weighted by Gasteiger charge is 2.32. The van der Waals surface area contributed by atoms with E-state index in [4.69, 9.17) is 14.1 Å². The lowest BCUT2D eigenvalue weighted by atomic mass is 9.84. The molecule has 2 aromatic rings. The summed E-state index contributed by atoms with van der Waals surface area (Å²) in [6.07, 6.45) is 7.04. The predicted octanol–water partition coefficient (Wildman–Crippen LogP) is 5.42. The van der Waals surface area contributed by atoms with Gasteiger partial charge in [0.2, 0.25) is 11.8 Å². The summed E-state index contributed by atoms with van der Waals surface area (Å²) in [6, 6.07) is 8.20. The molecule has 166 valence electrons. The van der Waals surface area contributed by atoms with Crippen LogP contribution in [0.1, 0.15) is 62.5 Å². The van der Waals surface area contributed by atoms with Gasteiger partial charge in [-0.05, 0) is 50.7 Å². The molecule has 0 bridgehead atoms. The van der Waals surface area contributed by atoms with E-state index in [1.165, 1.54) is 5.56 Å². The molecule has 2 fully saturated rings.